The molecule has 0 radical (unpaired) electrons. The summed E-state index contributed by atoms with van der Waals surface area (Å²) in [7, 11) is 0. The summed E-state index contributed by atoms with van der Waals surface area (Å²) in [6, 6.07) is 17.7. The zero-order valence-electron chi connectivity index (χ0n) is 11.8. The van der Waals surface area contributed by atoms with Crippen LogP contribution in [0.4, 0.5) is 0 Å². The molecule has 2 rings (SSSR count). The van der Waals surface area contributed by atoms with Gasteiger partial charge in [-0.3, -0.25) is 0 Å². The molecule has 2 aromatic rings. The molecule has 1 atom stereocenters. The van der Waals surface area contributed by atoms with Crippen LogP contribution in [0.15, 0.2) is 54.6 Å². The summed E-state index contributed by atoms with van der Waals surface area (Å²) >= 11 is 0. The standard InChI is InChI=1S/C17H21NO2/c1-14(18)16-10-5-6-11-17(16)20-13-7-12-19-15-8-3-2-4-9-15/h2-6,8-11,14H,7,12-13,18H2,1H3. The minimum atomic E-state index is -0.0215. The highest BCUT2D eigenvalue weighted by atomic mass is 16.5. The Balaban J connectivity index is 1.74. The summed E-state index contributed by atoms with van der Waals surface area (Å²) < 4.78 is 11.4. The smallest absolute Gasteiger partial charge is 0.124 e. The van der Waals surface area contributed by atoms with Gasteiger partial charge >= 0.3 is 0 Å². The average Bonchev–Trinajstić information content (AvgIpc) is 2.48. The third-order valence-corrected chi connectivity index (χ3v) is 2.97. The lowest BCUT2D eigenvalue weighted by atomic mass is 10.1. The van der Waals surface area contributed by atoms with Gasteiger partial charge in [-0.05, 0) is 25.1 Å². The maximum atomic E-state index is 5.92. The Kier molecular flexibility index (Phi) is 5.44. The fourth-order valence-electron chi connectivity index (χ4n) is 1.94. The quantitative estimate of drug-likeness (QED) is 0.783. The molecule has 0 aliphatic carbocycles. The van der Waals surface area contributed by atoms with Gasteiger partial charge in [0.1, 0.15) is 11.5 Å². The molecule has 0 heterocycles. The lowest BCUT2D eigenvalue weighted by molar-refractivity contribution is 0.245. The van der Waals surface area contributed by atoms with E-state index < -0.39 is 0 Å². The van der Waals surface area contributed by atoms with E-state index >= 15 is 0 Å². The molecule has 0 spiro atoms. The van der Waals surface area contributed by atoms with Crippen LogP contribution in [0.3, 0.4) is 0 Å². The summed E-state index contributed by atoms with van der Waals surface area (Å²) in [5, 5.41) is 0. The van der Waals surface area contributed by atoms with E-state index in [2.05, 4.69) is 0 Å². The minimum Gasteiger partial charge on any atom is -0.493 e. The highest BCUT2D eigenvalue weighted by molar-refractivity contribution is 5.35. The number of benzene rings is 2. The molecule has 0 amide bonds. The average molecular weight is 271 g/mol. The fraction of sp³-hybridized carbons (Fsp3) is 0.294. The third kappa shape index (κ3) is 4.28. The first-order valence-corrected chi connectivity index (χ1v) is 6.92. The van der Waals surface area contributed by atoms with Gasteiger partial charge in [-0.15, -0.1) is 0 Å². The predicted molar refractivity (Wildman–Crippen MR) is 81.1 cm³/mol. The van der Waals surface area contributed by atoms with Crippen molar-refractivity contribution in [2.24, 2.45) is 5.73 Å². The molecule has 0 aliphatic rings. The van der Waals surface area contributed by atoms with Gasteiger partial charge < -0.3 is 15.2 Å². The molecule has 3 nitrogen and oxygen atoms in total. The van der Waals surface area contributed by atoms with Crippen molar-refractivity contribution in [1.82, 2.24) is 0 Å². The van der Waals surface area contributed by atoms with Crippen LogP contribution in [0.5, 0.6) is 11.5 Å². The second-order valence-corrected chi connectivity index (χ2v) is 4.69. The minimum absolute atomic E-state index is 0.0215. The number of para-hydroxylation sites is 2. The van der Waals surface area contributed by atoms with Gasteiger partial charge in [0.15, 0.2) is 0 Å². The lowest BCUT2D eigenvalue weighted by Gasteiger charge is -2.13. The van der Waals surface area contributed by atoms with Crippen molar-refractivity contribution >= 4 is 0 Å². The summed E-state index contributed by atoms with van der Waals surface area (Å²) in [5.74, 6) is 1.76. The van der Waals surface area contributed by atoms with Crippen molar-refractivity contribution in [1.29, 1.82) is 0 Å². The highest BCUT2D eigenvalue weighted by Gasteiger charge is 2.06. The third-order valence-electron chi connectivity index (χ3n) is 2.97. The normalized spacial score (nSPS) is 11.9. The second-order valence-electron chi connectivity index (χ2n) is 4.69. The number of hydrogen-bond donors (Lipinski definition) is 1. The Hall–Kier alpha value is -2.00. The van der Waals surface area contributed by atoms with Crippen molar-refractivity contribution < 1.29 is 9.47 Å². The topological polar surface area (TPSA) is 44.5 Å². The lowest BCUT2D eigenvalue weighted by Crippen LogP contribution is -2.10. The van der Waals surface area contributed by atoms with Gasteiger partial charge in [-0.25, -0.2) is 0 Å². The van der Waals surface area contributed by atoms with E-state index in [9.17, 15) is 0 Å². The van der Waals surface area contributed by atoms with Gasteiger partial charge in [0.25, 0.3) is 0 Å². The number of ether oxygens (including phenoxy) is 2. The molecular formula is C17H21NO2. The Morgan fingerprint density at radius 3 is 2.30 bits per heavy atom. The van der Waals surface area contributed by atoms with Crippen LogP contribution in [-0.4, -0.2) is 13.2 Å². The number of hydrogen-bond acceptors (Lipinski definition) is 3. The summed E-state index contributed by atoms with van der Waals surface area (Å²) in [4.78, 5) is 0. The first-order valence-electron chi connectivity index (χ1n) is 6.92. The molecule has 1 unspecified atom stereocenters. The molecule has 0 aliphatic heterocycles. The van der Waals surface area contributed by atoms with Crippen LogP contribution in [0.2, 0.25) is 0 Å². The molecule has 2 aromatic carbocycles. The Labute approximate surface area is 120 Å². The van der Waals surface area contributed by atoms with Crippen LogP contribution in [-0.2, 0) is 0 Å². The zero-order chi connectivity index (χ0) is 14.2. The van der Waals surface area contributed by atoms with E-state index in [0.29, 0.717) is 13.2 Å². The maximum absolute atomic E-state index is 5.92. The van der Waals surface area contributed by atoms with Crippen molar-refractivity contribution in [3.8, 4) is 11.5 Å². The van der Waals surface area contributed by atoms with Crippen LogP contribution in [0.1, 0.15) is 24.9 Å². The van der Waals surface area contributed by atoms with E-state index in [4.69, 9.17) is 15.2 Å². The Morgan fingerprint density at radius 2 is 1.55 bits per heavy atom. The Bertz CT molecular complexity index is 511. The van der Waals surface area contributed by atoms with Crippen molar-refractivity contribution in [2.45, 2.75) is 19.4 Å². The molecule has 0 fully saturated rings. The van der Waals surface area contributed by atoms with Crippen LogP contribution >= 0.6 is 0 Å². The van der Waals surface area contributed by atoms with Gasteiger partial charge in [0, 0.05) is 18.0 Å². The Morgan fingerprint density at radius 1 is 0.900 bits per heavy atom. The number of nitrogens with two attached hydrogens (primary N) is 1. The van der Waals surface area contributed by atoms with Crippen molar-refractivity contribution in [2.75, 3.05) is 13.2 Å². The zero-order valence-corrected chi connectivity index (χ0v) is 11.8. The summed E-state index contributed by atoms with van der Waals surface area (Å²) in [6.07, 6.45) is 0.835. The molecule has 106 valence electrons. The molecule has 0 bridgehead atoms. The van der Waals surface area contributed by atoms with Crippen molar-refractivity contribution in [3.05, 3.63) is 60.2 Å². The van der Waals surface area contributed by atoms with E-state index in [0.717, 1.165) is 23.5 Å². The van der Waals surface area contributed by atoms with Crippen LogP contribution < -0.4 is 15.2 Å². The first kappa shape index (κ1) is 14.4. The fourth-order valence-corrected chi connectivity index (χ4v) is 1.94. The molecular weight excluding hydrogens is 250 g/mol. The molecule has 0 saturated carbocycles. The van der Waals surface area contributed by atoms with Crippen LogP contribution in [0, 0.1) is 0 Å². The molecule has 2 N–H and O–H groups in total. The highest BCUT2D eigenvalue weighted by Crippen LogP contribution is 2.23. The molecule has 0 aromatic heterocycles. The first-order chi connectivity index (χ1) is 9.77. The second kappa shape index (κ2) is 7.56. The molecule has 0 saturated heterocycles. The number of rotatable bonds is 7. The van der Waals surface area contributed by atoms with Crippen LogP contribution in [0.25, 0.3) is 0 Å². The maximum Gasteiger partial charge on any atom is 0.124 e. The van der Waals surface area contributed by atoms with Gasteiger partial charge in [0.2, 0.25) is 0 Å². The van der Waals surface area contributed by atoms with Gasteiger partial charge in [-0.1, -0.05) is 36.4 Å². The van der Waals surface area contributed by atoms with Gasteiger partial charge in [0.05, 0.1) is 13.2 Å². The largest absolute Gasteiger partial charge is 0.493 e. The molecule has 20 heavy (non-hydrogen) atoms. The predicted octanol–water partition coefficient (Wildman–Crippen LogP) is 3.55. The summed E-state index contributed by atoms with van der Waals surface area (Å²) in [5.41, 5.74) is 6.95. The summed E-state index contributed by atoms with van der Waals surface area (Å²) in [6.45, 7) is 3.22. The SMILES string of the molecule is CC(N)c1ccccc1OCCCOc1ccccc1. The van der Waals surface area contributed by atoms with E-state index in [1.165, 1.54) is 0 Å². The van der Waals surface area contributed by atoms with Crippen molar-refractivity contribution in [3.63, 3.8) is 0 Å². The van der Waals surface area contributed by atoms with Gasteiger partial charge in [-0.2, -0.15) is 0 Å². The monoisotopic (exact) mass is 271 g/mol. The molecule has 3 heteroatoms. The van der Waals surface area contributed by atoms with E-state index in [-0.39, 0.29) is 6.04 Å². The van der Waals surface area contributed by atoms with E-state index in [1.54, 1.807) is 0 Å². The van der Waals surface area contributed by atoms with E-state index in [1.807, 2.05) is 61.5 Å².